The first-order chi connectivity index (χ1) is 12.1. The lowest BCUT2D eigenvalue weighted by Gasteiger charge is -1.99. The zero-order valence-electron chi connectivity index (χ0n) is 13.2. The van der Waals surface area contributed by atoms with Crippen molar-refractivity contribution in [1.82, 2.24) is 19.7 Å². The van der Waals surface area contributed by atoms with E-state index in [2.05, 4.69) is 41.6 Å². The summed E-state index contributed by atoms with van der Waals surface area (Å²) in [4.78, 5) is 4.49. The molecule has 0 radical (unpaired) electrons. The first kappa shape index (κ1) is 15.5. The maximum absolute atomic E-state index is 9.44. The molecule has 0 aliphatic heterocycles. The molecule has 2 N–H and O–H groups in total. The minimum absolute atomic E-state index is 0.185. The van der Waals surface area contributed by atoms with Gasteiger partial charge in [0.25, 0.3) is 5.95 Å². The summed E-state index contributed by atoms with van der Waals surface area (Å²) in [5.41, 5.74) is 6.01. The van der Waals surface area contributed by atoms with Gasteiger partial charge in [-0.05, 0) is 35.9 Å². The second-order valence-corrected chi connectivity index (χ2v) is 6.41. The number of phenolic OH excluding ortho intramolecular Hbond substituents is 1. The summed E-state index contributed by atoms with van der Waals surface area (Å²) in [6.45, 7) is 0. The number of aromatic nitrogens is 4. The molecule has 0 saturated carbocycles. The third-order valence-corrected chi connectivity index (χ3v) is 4.30. The quantitative estimate of drug-likeness (QED) is 0.409. The largest absolute Gasteiger partial charge is 0.508 e. The number of halogens is 1. The van der Waals surface area contributed by atoms with Gasteiger partial charge in [-0.2, -0.15) is 10.1 Å². The van der Waals surface area contributed by atoms with Gasteiger partial charge in [0, 0.05) is 16.9 Å². The summed E-state index contributed by atoms with van der Waals surface area (Å²) in [6, 6.07) is 12.8. The number of aryl methyl sites for hydroxylation is 1. The molecule has 0 fully saturated rings. The SMILES string of the molecule is Cn1c2ccc(Br)cc2c2nnc(N/N=C/c3cccc(O)c3)nc21. The summed E-state index contributed by atoms with van der Waals surface area (Å²) < 4.78 is 2.95. The molecule has 4 aromatic rings. The van der Waals surface area contributed by atoms with Crippen LogP contribution in [-0.4, -0.2) is 31.1 Å². The van der Waals surface area contributed by atoms with E-state index >= 15 is 0 Å². The van der Waals surface area contributed by atoms with Gasteiger partial charge in [-0.1, -0.05) is 28.1 Å². The molecular formula is C17H13BrN6O. The molecule has 8 heteroatoms. The highest BCUT2D eigenvalue weighted by Crippen LogP contribution is 2.27. The number of hydrazone groups is 1. The summed E-state index contributed by atoms with van der Waals surface area (Å²) >= 11 is 3.48. The highest BCUT2D eigenvalue weighted by Gasteiger charge is 2.12. The Bertz CT molecular complexity index is 1120. The van der Waals surface area contributed by atoms with Gasteiger partial charge in [-0.3, -0.25) is 0 Å². The number of nitrogens with one attached hydrogen (secondary N) is 1. The number of benzene rings is 2. The summed E-state index contributed by atoms with van der Waals surface area (Å²) in [5.74, 6) is 0.485. The van der Waals surface area contributed by atoms with E-state index < -0.39 is 0 Å². The van der Waals surface area contributed by atoms with Gasteiger partial charge in [-0.25, -0.2) is 5.43 Å². The van der Waals surface area contributed by atoms with Crippen molar-refractivity contribution in [2.24, 2.45) is 12.1 Å². The van der Waals surface area contributed by atoms with Crippen LogP contribution in [0.3, 0.4) is 0 Å². The fraction of sp³-hybridized carbons (Fsp3) is 0.0588. The molecule has 2 heterocycles. The minimum atomic E-state index is 0.185. The second-order valence-electron chi connectivity index (χ2n) is 5.49. The van der Waals surface area contributed by atoms with Gasteiger partial charge in [0.05, 0.1) is 11.7 Å². The number of hydrogen-bond acceptors (Lipinski definition) is 6. The molecule has 2 aromatic carbocycles. The lowest BCUT2D eigenvalue weighted by atomic mass is 10.2. The highest BCUT2D eigenvalue weighted by atomic mass is 79.9. The molecule has 0 saturated heterocycles. The van der Waals surface area contributed by atoms with Crippen LogP contribution in [0.5, 0.6) is 5.75 Å². The van der Waals surface area contributed by atoms with Gasteiger partial charge in [0.15, 0.2) is 5.65 Å². The monoisotopic (exact) mass is 396 g/mol. The molecule has 0 atom stereocenters. The van der Waals surface area contributed by atoms with Crippen molar-refractivity contribution in [2.45, 2.75) is 0 Å². The molecule has 7 nitrogen and oxygen atoms in total. The summed E-state index contributed by atoms with van der Waals surface area (Å²) in [7, 11) is 1.94. The maximum atomic E-state index is 9.44. The Kier molecular flexibility index (Phi) is 3.81. The van der Waals surface area contributed by atoms with E-state index in [1.165, 1.54) is 0 Å². The van der Waals surface area contributed by atoms with Gasteiger partial charge in [0.2, 0.25) is 0 Å². The molecular weight excluding hydrogens is 384 g/mol. The fourth-order valence-electron chi connectivity index (χ4n) is 2.65. The van der Waals surface area contributed by atoms with Crippen LogP contribution >= 0.6 is 15.9 Å². The third kappa shape index (κ3) is 2.91. The van der Waals surface area contributed by atoms with E-state index in [-0.39, 0.29) is 5.75 Å². The molecule has 0 aliphatic rings. The number of anilines is 1. The summed E-state index contributed by atoms with van der Waals surface area (Å²) in [6.07, 6.45) is 1.58. The highest BCUT2D eigenvalue weighted by molar-refractivity contribution is 9.10. The third-order valence-electron chi connectivity index (χ3n) is 3.81. The predicted molar refractivity (Wildman–Crippen MR) is 101 cm³/mol. The van der Waals surface area contributed by atoms with Crippen LogP contribution in [0.15, 0.2) is 52.0 Å². The van der Waals surface area contributed by atoms with E-state index in [1.54, 1.807) is 24.4 Å². The number of fused-ring (bicyclic) bond motifs is 3. The number of rotatable bonds is 3. The molecule has 0 spiro atoms. The van der Waals surface area contributed by atoms with Crippen LogP contribution in [0.4, 0.5) is 5.95 Å². The standard InChI is InChI=1S/C17H13BrN6O/c1-24-14-6-5-11(18)8-13(14)15-16(24)20-17(23-21-15)22-19-9-10-3-2-4-12(25)7-10/h2-9,25H,1H3,(H,20,22,23)/b19-9+. The average Bonchev–Trinajstić information content (AvgIpc) is 2.87. The average molecular weight is 397 g/mol. The van der Waals surface area contributed by atoms with Crippen LogP contribution in [0.25, 0.3) is 22.1 Å². The van der Waals surface area contributed by atoms with Crippen molar-refractivity contribution < 1.29 is 5.11 Å². The topological polar surface area (TPSA) is 88.2 Å². The van der Waals surface area contributed by atoms with Gasteiger partial charge in [0.1, 0.15) is 11.3 Å². The van der Waals surface area contributed by atoms with E-state index in [1.807, 2.05) is 35.9 Å². The van der Waals surface area contributed by atoms with Crippen LogP contribution in [-0.2, 0) is 7.05 Å². The van der Waals surface area contributed by atoms with Crippen LogP contribution in [0.2, 0.25) is 0 Å². The van der Waals surface area contributed by atoms with E-state index in [0.717, 1.165) is 32.1 Å². The minimum Gasteiger partial charge on any atom is -0.508 e. The maximum Gasteiger partial charge on any atom is 0.265 e. The normalized spacial score (nSPS) is 11.6. The van der Waals surface area contributed by atoms with E-state index in [9.17, 15) is 5.11 Å². The van der Waals surface area contributed by atoms with Crippen LogP contribution < -0.4 is 5.43 Å². The first-order valence-electron chi connectivity index (χ1n) is 7.48. The van der Waals surface area contributed by atoms with Crippen LogP contribution in [0.1, 0.15) is 5.56 Å². The van der Waals surface area contributed by atoms with Gasteiger partial charge < -0.3 is 9.67 Å². The lowest BCUT2D eigenvalue weighted by Crippen LogP contribution is -2.00. The smallest absolute Gasteiger partial charge is 0.265 e. The number of nitrogens with zero attached hydrogens (tertiary/aromatic N) is 5. The Morgan fingerprint density at radius 1 is 1.20 bits per heavy atom. The Hall–Kier alpha value is -3.00. The van der Waals surface area contributed by atoms with Gasteiger partial charge in [-0.15, -0.1) is 10.2 Å². The molecule has 124 valence electrons. The van der Waals surface area contributed by atoms with Crippen molar-refractivity contribution >= 4 is 50.2 Å². The molecule has 0 bridgehead atoms. The van der Waals surface area contributed by atoms with Crippen LogP contribution in [0, 0.1) is 0 Å². The van der Waals surface area contributed by atoms with E-state index in [0.29, 0.717) is 5.95 Å². The first-order valence-corrected chi connectivity index (χ1v) is 8.27. The van der Waals surface area contributed by atoms with Crippen molar-refractivity contribution in [1.29, 1.82) is 0 Å². The Labute approximate surface area is 151 Å². The zero-order chi connectivity index (χ0) is 17.4. The van der Waals surface area contributed by atoms with E-state index in [4.69, 9.17) is 0 Å². The van der Waals surface area contributed by atoms with Crippen molar-refractivity contribution in [3.63, 3.8) is 0 Å². The second kappa shape index (κ2) is 6.14. The number of phenols is 1. The number of hydrogen-bond donors (Lipinski definition) is 2. The van der Waals surface area contributed by atoms with Crippen molar-refractivity contribution in [3.8, 4) is 5.75 Å². The molecule has 2 aromatic heterocycles. The lowest BCUT2D eigenvalue weighted by molar-refractivity contribution is 0.475. The zero-order valence-corrected chi connectivity index (χ0v) is 14.8. The fourth-order valence-corrected chi connectivity index (χ4v) is 3.01. The molecule has 0 amide bonds. The molecule has 0 unspecified atom stereocenters. The predicted octanol–water partition coefficient (Wildman–Crippen LogP) is 3.43. The number of aromatic hydroxyl groups is 1. The Morgan fingerprint density at radius 2 is 2.08 bits per heavy atom. The van der Waals surface area contributed by atoms with Crippen molar-refractivity contribution in [2.75, 3.05) is 5.43 Å². The van der Waals surface area contributed by atoms with Gasteiger partial charge >= 0.3 is 0 Å². The molecule has 0 aliphatic carbocycles. The summed E-state index contributed by atoms with van der Waals surface area (Å²) in [5, 5.41) is 22.9. The molecule has 4 rings (SSSR count). The molecule has 25 heavy (non-hydrogen) atoms. The van der Waals surface area contributed by atoms with Crippen molar-refractivity contribution in [3.05, 3.63) is 52.5 Å². The Morgan fingerprint density at radius 3 is 2.92 bits per heavy atom. The Balaban J connectivity index is 1.67.